The lowest BCUT2D eigenvalue weighted by molar-refractivity contribution is -0.384. The maximum Gasteiger partial charge on any atom is 0.271 e. The summed E-state index contributed by atoms with van der Waals surface area (Å²) < 4.78 is 0. The van der Waals surface area contributed by atoms with E-state index in [1.54, 1.807) is 6.92 Å². The fourth-order valence-corrected chi connectivity index (χ4v) is 1.97. The molecule has 7 heteroatoms. The van der Waals surface area contributed by atoms with Gasteiger partial charge in [-0.15, -0.1) is 0 Å². The Hall–Kier alpha value is -1.76. The van der Waals surface area contributed by atoms with Crippen LogP contribution in [-0.2, 0) is 4.79 Å². The topological polar surface area (TPSA) is 92.5 Å². The molecule has 1 amide bonds. The van der Waals surface area contributed by atoms with Crippen molar-refractivity contribution >= 4 is 29.0 Å². The van der Waals surface area contributed by atoms with E-state index in [1.165, 1.54) is 23.9 Å². The van der Waals surface area contributed by atoms with Gasteiger partial charge in [0.1, 0.15) is 5.75 Å². The second-order valence-corrected chi connectivity index (χ2v) is 4.71. The van der Waals surface area contributed by atoms with Crippen molar-refractivity contribution < 1.29 is 14.8 Å². The normalized spacial score (nSPS) is 11.9. The van der Waals surface area contributed by atoms with Gasteiger partial charge in [-0.2, -0.15) is 11.8 Å². The first-order valence-electron chi connectivity index (χ1n) is 5.23. The van der Waals surface area contributed by atoms with Crippen molar-refractivity contribution in [3.8, 4) is 5.75 Å². The second-order valence-electron chi connectivity index (χ2n) is 3.80. The van der Waals surface area contributed by atoms with Crippen molar-refractivity contribution in [1.29, 1.82) is 0 Å². The first-order chi connectivity index (χ1) is 8.45. The highest BCUT2D eigenvalue weighted by Gasteiger charge is 2.16. The van der Waals surface area contributed by atoms with Crippen LogP contribution in [0, 0.1) is 16.0 Å². The lowest BCUT2D eigenvalue weighted by Gasteiger charge is -2.11. The van der Waals surface area contributed by atoms with E-state index in [0.29, 0.717) is 5.75 Å². The van der Waals surface area contributed by atoms with Gasteiger partial charge in [-0.05, 0) is 12.3 Å². The number of hydrogen-bond donors (Lipinski definition) is 2. The van der Waals surface area contributed by atoms with E-state index in [-0.39, 0.29) is 28.9 Å². The standard InChI is InChI=1S/C11H14N2O4S/c1-7(6-18-2)11(15)12-9-5-8(13(16)17)3-4-10(9)14/h3-5,7,14H,6H2,1-2H3,(H,12,15). The maximum atomic E-state index is 11.7. The molecule has 0 heterocycles. The molecule has 98 valence electrons. The molecule has 0 aliphatic rings. The number of aromatic hydroxyl groups is 1. The molecule has 18 heavy (non-hydrogen) atoms. The van der Waals surface area contributed by atoms with Crippen LogP contribution in [0.2, 0.25) is 0 Å². The van der Waals surface area contributed by atoms with E-state index >= 15 is 0 Å². The predicted molar refractivity (Wildman–Crippen MR) is 70.9 cm³/mol. The minimum atomic E-state index is -0.583. The molecule has 1 aromatic carbocycles. The number of nitro groups is 1. The van der Waals surface area contributed by atoms with Crippen LogP contribution in [0.1, 0.15) is 6.92 Å². The van der Waals surface area contributed by atoms with Crippen LogP contribution in [-0.4, -0.2) is 27.9 Å². The summed E-state index contributed by atoms with van der Waals surface area (Å²) in [4.78, 5) is 21.7. The number of anilines is 1. The molecule has 0 aromatic heterocycles. The molecule has 0 aliphatic heterocycles. The number of carbonyl (C=O) groups excluding carboxylic acids is 1. The number of phenols is 1. The van der Waals surface area contributed by atoms with E-state index < -0.39 is 4.92 Å². The molecule has 0 aliphatic carbocycles. The third-order valence-corrected chi connectivity index (χ3v) is 3.15. The minimum Gasteiger partial charge on any atom is -0.506 e. The van der Waals surface area contributed by atoms with Crippen LogP contribution < -0.4 is 5.32 Å². The van der Waals surface area contributed by atoms with Crippen LogP contribution >= 0.6 is 11.8 Å². The molecular formula is C11H14N2O4S. The lowest BCUT2D eigenvalue weighted by atomic mass is 10.2. The van der Waals surface area contributed by atoms with Gasteiger partial charge in [0.25, 0.3) is 5.69 Å². The summed E-state index contributed by atoms with van der Waals surface area (Å²) in [6.45, 7) is 1.75. The molecule has 0 bridgehead atoms. The fraction of sp³-hybridized carbons (Fsp3) is 0.364. The molecule has 0 saturated heterocycles. The zero-order chi connectivity index (χ0) is 13.7. The van der Waals surface area contributed by atoms with E-state index in [9.17, 15) is 20.0 Å². The van der Waals surface area contributed by atoms with Crippen LogP contribution in [0.15, 0.2) is 18.2 Å². The zero-order valence-electron chi connectivity index (χ0n) is 10.0. The van der Waals surface area contributed by atoms with Crippen molar-refractivity contribution in [3.63, 3.8) is 0 Å². The molecule has 1 unspecified atom stereocenters. The molecular weight excluding hydrogens is 256 g/mol. The zero-order valence-corrected chi connectivity index (χ0v) is 10.9. The molecule has 0 saturated carbocycles. The molecule has 1 aromatic rings. The average molecular weight is 270 g/mol. The van der Waals surface area contributed by atoms with Crippen molar-refractivity contribution in [3.05, 3.63) is 28.3 Å². The summed E-state index contributed by atoms with van der Waals surface area (Å²) in [5, 5.41) is 22.6. The Labute approximate surface area is 109 Å². The number of nitro benzene ring substituents is 1. The molecule has 0 spiro atoms. The van der Waals surface area contributed by atoms with Crippen molar-refractivity contribution in [2.24, 2.45) is 5.92 Å². The maximum absolute atomic E-state index is 11.7. The Kier molecular flexibility index (Phi) is 4.96. The highest BCUT2D eigenvalue weighted by atomic mass is 32.2. The third-order valence-electron chi connectivity index (χ3n) is 2.31. The van der Waals surface area contributed by atoms with E-state index in [2.05, 4.69) is 5.32 Å². The second kappa shape index (κ2) is 6.25. The number of non-ortho nitro benzene ring substituents is 1. The quantitative estimate of drug-likeness (QED) is 0.486. The minimum absolute atomic E-state index is 0.0575. The highest BCUT2D eigenvalue weighted by Crippen LogP contribution is 2.28. The number of thioether (sulfide) groups is 1. The van der Waals surface area contributed by atoms with Gasteiger partial charge in [-0.1, -0.05) is 6.92 Å². The van der Waals surface area contributed by atoms with Gasteiger partial charge in [-0.25, -0.2) is 0 Å². The third kappa shape index (κ3) is 3.63. The van der Waals surface area contributed by atoms with Gasteiger partial charge in [-0.3, -0.25) is 14.9 Å². The Bertz CT molecular complexity index is 464. The number of benzene rings is 1. The fourth-order valence-electron chi connectivity index (χ4n) is 1.32. The number of carbonyl (C=O) groups is 1. The Morgan fingerprint density at radius 3 is 2.83 bits per heavy atom. The van der Waals surface area contributed by atoms with Gasteiger partial charge < -0.3 is 10.4 Å². The van der Waals surface area contributed by atoms with Crippen LogP contribution in [0.5, 0.6) is 5.75 Å². The molecule has 0 fully saturated rings. The van der Waals surface area contributed by atoms with E-state index in [1.807, 2.05) is 6.26 Å². The Morgan fingerprint density at radius 2 is 2.28 bits per heavy atom. The summed E-state index contributed by atoms with van der Waals surface area (Å²) in [6, 6.07) is 3.50. The molecule has 6 nitrogen and oxygen atoms in total. The van der Waals surface area contributed by atoms with E-state index in [0.717, 1.165) is 6.07 Å². The molecule has 1 rings (SSSR count). The highest BCUT2D eigenvalue weighted by molar-refractivity contribution is 7.98. The van der Waals surface area contributed by atoms with Crippen LogP contribution in [0.25, 0.3) is 0 Å². The van der Waals surface area contributed by atoms with Crippen LogP contribution in [0.3, 0.4) is 0 Å². The summed E-state index contributed by atoms with van der Waals surface area (Å²) in [6.07, 6.45) is 1.88. The molecule has 2 N–H and O–H groups in total. The molecule has 0 radical (unpaired) electrons. The Morgan fingerprint density at radius 1 is 1.61 bits per heavy atom. The van der Waals surface area contributed by atoms with Crippen molar-refractivity contribution in [2.45, 2.75) is 6.92 Å². The van der Waals surface area contributed by atoms with Crippen molar-refractivity contribution in [2.75, 3.05) is 17.3 Å². The Balaban J connectivity index is 2.86. The summed E-state index contributed by atoms with van der Waals surface area (Å²) in [7, 11) is 0. The summed E-state index contributed by atoms with van der Waals surface area (Å²) >= 11 is 1.53. The lowest BCUT2D eigenvalue weighted by Crippen LogP contribution is -2.22. The number of amides is 1. The molecule has 1 atom stereocenters. The number of phenolic OH excluding ortho intramolecular Hbond substituents is 1. The van der Waals surface area contributed by atoms with Gasteiger partial charge in [0, 0.05) is 23.8 Å². The van der Waals surface area contributed by atoms with Crippen LogP contribution in [0.4, 0.5) is 11.4 Å². The predicted octanol–water partition coefficient (Wildman–Crippen LogP) is 2.24. The summed E-state index contributed by atoms with van der Waals surface area (Å²) in [5.74, 6) is -0.0641. The number of rotatable bonds is 5. The SMILES string of the molecule is CSCC(C)C(=O)Nc1cc([N+](=O)[O-])ccc1O. The van der Waals surface area contributed by atoms with E-state index in [4.69, 9.17) is 0 Å². The first-order valence-corrected chi connectivity index (χ1v) is 6.62. The van der Waals surface area contributed by atoms with Gasteiger partial charge in [0.15, 0.2) is 0 Å². The summed E-state index contributed by atoms with van der Waals surface area (Å²) in [5.41, 5.74) is -0.122. The number of nitrogens with zero attached hydrogens (tertiary/aromatic N) is 1. The number of hydrogen-bond acceptors (Lipinski definition) is 5. The van der Waals surface area contributed by atoms with Gasteiger partial charge >= 0.3 is 0 Å². The smallest absolute Gasteiger partial charge is 0.271 e. The van der Waals surface area contributed by atoms with Gasteiger partial charge in [0.2, 0.25) is 5.91 Å². The average Bonchev–Trinajstić information content (AvgIpc) is 2.31. The first kappa shape index (κ1) is 14.3. The van der Waals surface area contributed by atoms with Crippen molar-refractivity contribution in [1.82, 2.24) is 0 Å². The van der Waals surface area contributed by atoms with Gasteiger partial charge in [0.05, 0.1) is 10.6 Å². The largest absolute Gasteiger partial charge is 0.506 e. The number of nitrogens with one attached hydrogen (secondary N) is 1. The monoisotopic (exact) mass is 270 g/mol.